The summed E-state index contributed by atoms with van der Waals surface area (Å²) in [5.41, 5.74) is 0.988. The zero-order chi connectivity index (χ0) is 20.1. The van der Waals surface area contributed by atoms with Gasteiger partial charge >= 0.3 is 0 Å². The minimum absolute atomic E-state index is 0.00144. The van der Waals surface area contributed by atoms with Crippen LogP contribution in [0.4, 0.5) is 11.4 Å². The van der Waals surface area contributed by atoms with Gasteiger partial charge in [-0.2, -0.15) is 0 Å². The number of benzene rings is 1. The smallest absolute Gasteiger partial charge is 0.253 e. The molecule has 2 aromatic carbocycles. The predicted molar refractivity (Wildman–Crippen MR) is 112 cm³/mol. The fourth-order valence-corrected chi connectivity index (χ4v) is 3.37. The Kier molecular flexibility index (Phi) is 6.46. The average Bonchev–Trinajstić information content (AvgIpc) is 2.70. The van der Waals surface area contributed by atoms with Crippen LogP contribution in [0, 0.1) is 5.92 Å². The topological polar surface area (TPSA) is 81.8 Å². The van der Waals surface area contributed by atoms with Crippen LogP contribution in [-0.2, 0) is 11.3 Å². The molecule has 1 amide bonds. The summed E-state index contributed by atoms with van der Waals surface area (Å²) in [4.78, 5) is 40.2. The first-order valence-electron chi connectivity index (χ1n) is 9.80. The zero-order valence-electron chi connectivity index (χ0n) is 16.5. The van der Waals surface area contributed by atoms with Crippen molar-refractivity contribution < 1.29 is 4.79 Å². The van der Waals surface area contributed by atoms with Gasteiger partial charge in [-0.25, -0.2) is 0 Å². The van der Waals surface area contributed by atoms with Gasteiger partial charge in [-0.15, -0.1) is 0 Å². The fraction of sp³-hybridized carbons (Fsp3) is 0.476. The van der Waals surface area contributed by atoms with Crippen molar-refractivity contribution >= 4 is 17.3 Å². The van der Waals surface area contributed by atoms with Crippen LogP contribution >= 0.6 is 0 Å². The number of nitrogens with one attached hydrogen (secondary N) is 2. The van der Waals surface area contributed by atoms with Gasteiger partial charge in [-0.1, -0.05) is 44.2 Å². The van der Waals surface area contributed by atoms with Crippen LogP contribution < -0.4 is 26.4 Å². The highest BCUT2D eigenvalue weighted by atomic mass is 16.2. The Balaban J connectivity index is 1.54. The third kappa shape index (κ3) is 4.78. The molecule has 0 unspecified atom stereocenters. The highest BCUT2D eigenvalue weighted by Crippen LogP contribution is 2.22. The monoisotopic (exact) mass is 384 g/mol. The van der Waals surface area contributed by atoms with Crippen LogP contribution in [0.2, 0.25) is 0 Å². The molecule has 0 aliphatic carbocycles. The van der Waals surface area contributed by atoms with Gasteiger partial charge in [-0.05, 0) is 11.5 Å². The molecular formula is C21H28N4O3. The second-order valence-corrected chi connectivity index (χ2v) is 7.68. The normalized spacial score (nSPS) is 15.2. The van der Waals surface area contributed by atoms with Gasteiger partial charge in [-0.3, -0.25) is 19.3 Å². The lowest BCUT2D eigenvalue weighted by Gasteiger charge is -2.37. The number of hydrogen-bond acceptors (Lipinski definition) is 6. The van der Waals surface area contributed by atoms with Crippen molar-refractivity contribution in [3.8, 4) is 0 Å². The van der Waals surface area contributed by atoms with Crippen LogP contribution in [-0.4, -0.2) is 50.1 Å². The van der Waals surface area contributed by atoms with Gasteiger partial charge in [0.2, 0.25) is 5.91 Å². The summed E-state index contributed by atoms with van der Waals surface area (Å²) in [5.74, 6) is 0.179. The quantitative estimate of drug-likeness (QED) is 0.655. The van der Waals surface area contributed by atoms with Gasteiger partial charge in [0.05, 0.1) is 6.54 Å². The van der Waals surface area contributed by atoms with Crippen molar-refractivity contribution in [1.82, 2.24) is 10.2 Å². The number of amides is 1. The molecule has 150 valence electrons. The third-order valence-corrected chi connectivity index (χ3v) is 4.96. The average molecular weight is 384 g/mol. The first kappa shape index (κ1) is 20.1. The van der Waals surface area contributed by atoms with Gasteiger partial charge in [0, 0.05) is 39.3 Å². The third-order valence-electron chi connectivity index (χ3n) is 4.96. The summed E-state index contributed by atoms with van der Waals surface area (Å²) in [6, 6.07) is 10.3. The van der Waals surface area contributed by atoms with Crippen molar-refractivity contribution in [2.45, 2.75) is 20.4 Å². The molecule has 0 aromatic heterocycles. The van der Waals surface area contributed by atoms with E-state index in [-0.39, 0.29) is 18.1 Å². The lowest BCUT2D eigenvalue weighted by atomic mass is 10.1. The van der Waals surface area contributed by atoms with Crippen LogP contribution in [0.1, 0.15) is 19.4 Å². The first-order chi connectivity index (χ1) is 13.5. The van der Waals surface area contributed by atoms with E-state index < -0.39 is 10.9 Å². The minimum atomic E-state index is -0.529. The van der Waals surface area contributed by atoms with Crippen LogP contribution in [0.15, 0.2) is 39.9 Å². The van der Waals surface area contributed by atoms with E-state index in [1.165, 1.54) is 5.56 Å². The summed E-state index contributed by atoms with van der Waals surface area (Å²) in [6.45, 7) is 8.50. The van der Waals surface area contributed by atoms with Crippen LogP contribution in [0.5, 0.6) is 0 Å². The zero-order valence-corrected chi connectivity index (χ0v) is 16.5. The van der Waals surface area contributed by atoms with Crippen molar-refractivity contribution in [3.05, 3.63) is 56.3 Å². The lowest BCUT2D eigenvalue weighted by molar-refractivity contribution is -0.119. The summed E-state index contributed by atoms with van der Waals surface area (Å²) in [7, 11) is 0. The maximum absolute atomic E-state index is 12.1. The van der Waals surface area contributed by atoms with E-state index in [1.807, 2.05) is 36.9 Å². The molecular weight excluding hydrogens is 356 g/mol. The number of anilines is 2. The molecule has 0 bridgehead atoms. The number of nitrogens with zero attached hydrogens (tertiary/aromatic N) is 2. The maximum atomic E-state index is 12.1. The van der Waals surface area contributed by atoms with Crippen molar-refractivity contribution in [3.63, 3.8) is 0 Å². The molecule has 0 atom stereocenters. The van der Waals surface area contributed by atoms with Gasteiger partial charge in [0.25, 0.3) is 10.9 Å². The largest absolute Gasteiger partial charge is 0.371 e. The SMILES string of the molecule is CC(C)CNC(=O)CNc1c(N2CCN(Cc3ccccc3)CC2)c(=O)c1=O. The predicted octanol–water partition coefficient (Wildman–Crippen LogP) is 0.789. The van der Waals surface area contributed by atoms with E-state index >= 15 is 0 Å². The molecule has 28 heavy (non-hydrogen) atoms. The van der Waals surface area contributed by atoms with Crippen molar-refractivity contribution in [2.75, 3.05) is 49.5 Å². The van der Waals surface area contributed by atoms with E-state index in [2.05, 4.69) is 27.7 Å². The first-order valence-corrected chi connectivity index (χ1v) is 9.80. The van der Waals surface area contributed by atoms with E-state index in [9.17, 15) is 14.4 Å². The molecule has 1 saturated heterocycles. The molecule has 1 fully saturated rings. The Bertz CT molecular complexity index is 864. The highest BCUT2D eigenvalue weighted by molar-refractivity contribution is 5.84. The Morgan fingerprint density at radius 3 is 2.36 bits per heavy atom. The van der Waals surface area contributed by atoms with Crippen LogP contribution in [0.25, 0.3) is 0 Å². The maximum Gasteiger partial charge on any atom is 0.253 e. The summed E-state index contributed by atoms with van der Waals surface area (Å²) >= 11 is 0. The summed E-state index contributed by atoms with van der Waals surface area (Å²) in [6.07, 6.45) is 0. The Labute approximate surface area is 165 Å². The molecule has 2 N–H and O–H groups in total. The van der Waals surface area contributed by atoms with E-state index in [0.29, 0.717) is 31.2 Å². The second-order valence-electron chi connectivity index (χ2n) is 7.68. The van der Waals surface area contributed by atoms with E-state index in [4.69, 9.17) is 0 Å². The number of rotatable bonds is 8. The minimum Gasteiger partial charge on any atom is -0.371 e. The summed E-state index contributed by atoms with van der Waals surface area (Å²) < 4.78 is 0. The Hall–Kier alpha value is -2.67. The number of piperazine rings is 1. The molecule has 0 spiro atoms. The molecule has 7 nitrogen and oxygen atoms in total. The standard InChI is InChI=1S/C21H28N4O3/c1-15(2)12-22-17(26)13-23-18-19(21(28)20(18)27)25-10-8-24(9-11-25)14-16-6-4-3-5-7-16/h3-7,15,23H,8-14H2,1-2H3,(H,22,26). The van der Waals surface area contributed by atoms with E-state index in [0.717, 1.165) is 19.6 Å². The molecule has 2 aromatic rings. The Morgan fingerprint density at radius 1 is 1.04 bits per heavy atom. The number of carbonyl (C=O) groups is 1. The lowest BCUT2D eigenvalue weighted by Crippen LogP contribution is -2.51. The summed E-state index contributed by atoms with van der Waals surface area (Å²) in [5, 5.41) is 5.66. The van der Waals surface area contributed by atoms with Gasteiger partial charge in [0.15, 0.2) is 0 Å². The van der Waals surface area contributed by atoms with Crippen LogP contribution in [0.3, 0.4) is 0 Å². The molecule has 1 aliphatic heterocycles. The van der Waals surface area contributed by atoms with E-state index in [1.54, 1.807) is 0 Å². The molecule has 1 heterocycles. The van der Waals surface area contributed by atoms with Gasteiger partial charge < -0.3 is 15.5 Å². The molecule has 7 heteroatoms. The molecule has 1 aliphatic rings. The fourth-order valence-electron chi connectivity index (χ4n) is 3.37. The molecule has 0 saturated carbocycles. The highest BCUT2D eigenvalue weighted by Gasteiger charge is 2.28. The Morgan fingerprint density at radius 2 is 1.71 bits per heavy atom. The number of carbonyl (C=O) groups excluding carboxylic acids is 1. The number of hydrogen-bond donors (Lipinski definition) is 2. The van der Waals surface area contributed by atoms with Crippen molar-refractivity contribution in [1.29, 1.82) is 0 Å². The van der Waals surface area contributed by atoms with Gasteiger partial charge in [0.1, 0.15) is 11.4 Å². The molecule has 3 rings (SSSR count). The molecule has 0 radical (unpaired) electrons. The van der Waals surface area contributed by atoms with Crippen molar-refractivity contribution in [2.24, 2.45) is 5.92 Å². The second kappa shape index (κ2) is 9.01.